The topological polar surface area (TPSA) is 80.3 Å². The number of benzene rings is 2. The molecule has 1 saturated heterocycles. The molecule has 0 saturated carbocycles. The van der Waals surface area contributed by atoms with Crippen LogP contribution < -0.4 is 19.5 Å². The number of carbonyl (C=O) groups is 1. The SMILES string of the molecule is COc1ccc(NC(C)=O)c(OC(C(C)O)N2CCC(Oc3ccc(Cl)cc3)C2)c1.Cl. The van der Waals surface area contributed by atoms with Crippen LogP contribution in [0, 0.1) is 0 Å². The number of likely N-dealkylation sites (tertiary alicyclic amines) is 1. The lowest BCUT2D eigenvalue weighted by Gasteiger charge is -2.31. The molecule has 31 heavy (non-hydrogen) atoms. The van der Waals surface area contributed by atoms with Crippen molar-refractivity contribution in [3.05, 3.63) is 47.5 Å². The van der Waals surface area contributed by atoms with Gasteiger partial charge in [-0.1, -0.05) is 11.6 Å². The zero-order valence-corrected chi connectivity index (χ0v) is 19.3. The minimum atomic E-state index is -0.768. The van der Waals surface area contributed by atoms with E-state index in [-0.39, 0.29) is 24.4 Å². The van der Waals surface area contributed by atoms with Crippen molar-refractivity contribution >= 4 is 35.6 Å². The van der Waals surface area contributed by atoms with Crippen molar-refractivity contribution in [2.24, 2.45) is 0 Å². The van der Waals surface area contributed by atoms with Gasteiger partial charge in [0.15, 0.2) is 6.23 Å². The number of anilines is 1. The van der Waals surface area contributed by atoms with Crippen LogP contribution in [0.5, 0.6) is 17.2 Å². The number of rotatable bonds is 8. The summed E-state index contributed by atoms with van der Waals surface area (Å²) in [7, 11) is 1.56. The van der Waals surface area contributed by atoms with Crippen LogP contribution >= 0.6 is 24.0 Å². The van der Waals surface area contributed by atoms with E-state index in [4.69, 9.17) is 25.8 Å². The zero-order valence-electron chi connectivity index (χ0n) is 17.7. The average Bonchev–Trinajstić information content (AvgIpc) is 3.16. The van der Waals surface area contributed by atoms with Gasteiger partial charge in [-0.15, -0.1) is 12.4 Å². The highest BCUT2D eigenvalue weighted by Gasteiger charge is 2.34. The summed E-state index contributed by atoms with van der Waals surface area (Å²) < 4.78 is 17.5. The van der Waals surface area contributed by atoms with E-state index in [1.54, 1.807) is 44.4 Å². The van der Waals surface area contributed by atoms with Crippen molar-refractivity contribution in [1.82, 2.24) is 4.90 Å². The summed E-state index contributed by atoms with van der Waals surface area (Å²) in [6.45, 7) is 4.40. The molecule has 1 fully saturated rings. The number of nitrogens with zero attached hydrogens (tertiary/aromatic N) is 1. The number of halogens is 2. The fourth-order valence-corrected chi connectivity index (χ4v) is 3.54. The van der Waals surface area contributed by atoms with Crippen molar-refractivity contribution in [3.8, 4) is 17.2 Å². The van der Waals surface area contributed by atoms with E-state index in [1.165, 1.54) is 6.92 Å². The maximum absolute atomic E-state index is 11.6. The normalized spacial score (nSPS) is 17.9. The van der Waals surface area contributed by atoms with Gasteiger partial charge < -0.3 is 24.6 Å². The molecule has 0 radical (unpaired) electrons. The second-order valence-electron chi connectivity index (χ2n) is 7.27. The first-order valence-corrected chi connectivity index (χ1v) is 10.2. The molecular weight excluding hydrogens is 443 g/mol. The first-order chi connectivity index (χ1) is 14.4. The lowest BCUT2D eigenvalue weighted by atomic mass is 10.2. The zero-order chi connectivity index (χ0) is 21.7. The molecule has 3 rings (SSSR count). The lowest BCUT2D eigenvalue weighted by molar-refractivity contribution is -0.114. The maximum Gasteiger partial charge on any atom is 0.221 e. The van der Waals surface area contributed by atoms with Crippen LogP contribution in [0.3, 0.4) is 0 Å². The monoisotopic (exact) mass is 470 g/mol. The summed E-state index contributed by atoms with van der Waals surface area (Å²) >= 11 is 5.93. The Bertz CT molecular complexity index is 863. The van der Waals surface area contributed by atoms with Gasteiger partial charge in [-0.2, -0.15) is 0 Å². The van der Waals surface area contributed by atoms with Crippen LogP contribution in [0.1, 0.15) is 20.3 Å². The van der Waals surface area contributed by atoms with Gasteiger partial charge in [-0.3, -0.25) is 9.69 Å². The first-order valence-electron chi connectivity index (χ1n) is 9.82. The number of aliphatic hydroxyl groups excluding tert-OH is 1. The van der Waals surface area contributed by atoms with Gasteiger partial charge >= 0.3 is 0 Å². The molecule has 170 valence electrons. The molecule has 7 nitrogen and oxygen atoms in total. The molecule has 1 aliphatic heterocycles. The Morgan fingerprint density at radius 2 is 1.90 bits per heavy atom. The Morgan fingerprint density at radius 3 is 2.52 bits per heavy atom. The average molecular weight is 471 g/mol. The van der Waals surface area contributed by atoms with E-state index in [9.17, 15) is 9.90 Å². The Balaban J connectivity index is 0.00000341. The second-order valence-corrected chi connectivity index (χ2v) is 7.71. The molecule has 3 unspecified atom stereocenters. The number of carbonyl (C=O) groups excluding carboxylic acids is 1. The predicted molar refractivity (Wildman–Crippen MR) is 123 cm³/mol. The summed E-state index contributed by atoms with van der Waals surface area (Å²) in [6.07, 6.45) is -0.610. The molecule has 2 aromatic carbocycles. The van der Waals surface area contributed by atoms with Crippen molar-refractivity contribution in [3.63, 3.8) is 0 Å². The van der Waals surface area contributed by atoms with Crippen molar-refractivity contribution in [1.29, 1.82) is 0 Å². The van der Waals surface area contributed by atoms with Crippen molar-refractivity contribution in [2.75, 3.05) is 25.5 Å². The van der Waals surface area contributed by atoms with Crippen molar-refractivity contribution in [2.45, 2.75) is 38.7 Å². The molecule has 1 amide bonds. The second kappa shape index (κ2) is 11.4. The highest BCUT2D eigenvalue weighted by Crippen LogP contribution is 2.32. The minimum Gasteiger partial charge on any atom is -0.497 e. The van der Waals surface area contributed by atoms with Crippen LogP contribution in [0.25, 0.3) is 0 Å². The third-order valence-electron chi connectivity index (χ3n) is 4.81. The molecule has 2 N–H and O–H groups in total. The molecule has 0 bridgehead atoms. The molecule has 0 spiro atoms. The van der Waals surface area contributed by atoms with Gasteiger partial charge in [0.25, 0.3) is 0 Å². The van der Waals surface area contributed by atoms with Gasteiger partial charge in [-0.05, 0) is 49.7 Å². The summed E-state index contributed by atoms with van der Waals surface area (Å²) in [4.78, 5) is 13.6. The minimum absolute atomic E-state index is 0. The number of methoxy groups -OCH3 is 1. The number of amides is 1. The Morgan fingerprint density at radius 1 is 1.23 bits per heavy atom. The van der Waals surface area contributed by atoms with Crippen LogP contribution in [0.15, 0.2) is 42.5 Å². The first kappa shape index (κ1) is 25.1. The number of hydrogen-bond donors (Lipinski definition) is 2. The largest absolute Gasteiger partial charge is 0.497 e. The number of nitrogens with one attached hydrogen (secondary N) is 1. The summed E-state index contributed by atoms with van der Waals surface area (Å²) in [5, 5.41) is 13.8. The van der Waals surface area contributed by atoms with Crippen LogP contribution in [-0.2, 0) is 4.79 Å². The highest BCUT2D eigenvalue weighted by molar-refractivity contribution is 6.30. The van der Waals surface area contributed by atoms with E-state index in [2.05, 4.69) is 5.32 Å². The van der Waals surface area contributed by atoms with Crippen LogP contribution in [0.2, 0.25) is 5.02 Å². The highest BCUT2D eigenvalue weighted by atomic mass is 35.5. The van der Waals surface area contributed by atoms with E-state index < -0.39 is 12.3 Å². The predicted octanol–water partition coefficient (Wildman–Crippen LogP) is 3.97. The van der Waals surface area contributed by atoms with E-state index in [0.29, 0.717) is 35.3 Å². The quantitative estimate of drug-likeness (QED) is 0.607. The van der Waals surface area contributed by atoms with Gasteiger partial charge in [0.05, 0.1) is 12.8 Å². The molecular formula is C22H28Cl2N2O5. The molecule has 3 atom stereocenters. The molecule has 2 aromatic rings. The Hall–Kier alpha value is -2.19. The fraction of sp³-hybridized carbons (Fsp3) is 0.409. The number of aliphatic hydroxyl groups is 1. The summed E-state index contributed by atoms with van der Waals surface area (Å²) in [5.41, 5.74) is 0.516. The molecule has 1 aliphatic rings. The summed E-state index contributed by atoms with van der Waals surface area (Å²) in [6, 6.07) is 12.4. The van der Waals surface area contributed by atoms with E-state index >= 15 is 0 Å². The maximum atomic E-state index is 11.6. The van der Waals surface area contributed by atoms with E-state index in [1.807, 2.05) is 17.0 Å². The third-order valence-corrected chi connectivity index (χ3v) is 5.06. The standard InChI is InChI=1S/C22H27ClN2O5.ClH/c1-14(26)22(30-21-12-18(28-3)8-9-20(21)24-15(2)27)25-11-10-19(13-25)29-17-6-4-16(23)5-7-17;/h4-9,12,14,19,22,26H,10-11,13H2,1-3H3,(H,24,27);1H. The van der Waals surface area contributed by atoms with E-state index in [0.717, 1.165) is 12.2 Å². The fourth-order valence-electron chi connectivity index (χ4n) is 3.42. The Labute approximate surface area is 193 Å². The third kappa shape index (κ3) is 6.90. The van der Waals surface area contributed by atoms with Crippen LogP contribution in [-0.4, -0.2) is 54.5 Å². The van der Waals surface area contributed by atoms with Gasteiger partial charge in [0, 0.05) is 31.1 Å². The van der Waals surface area contributed by atoms with Gasteiger partial charge in [-0.25, -0.2) is 0 Å². The smallest absolute Gasteiger partial charge is 0.221 e. The molecule has 0 aliphatic carbocycles. The Kier molecular flexibility index (Phi) is 9.25. The molecule has 1 heterocycles. The van der Waals surface area contributed by atoms with Crippen LogP contribution in [0.4, 0.5) is 5.69 Å². The number of ether oxygens (including phenoxy) is 3. The lowest BCUT2D eigenvalue weighted by Crippen LogP contribution is -2.46. The van der Waals surface area contributed by atoms with Gasteiger partial charge in [0.2, 0.25) is 5.91 Å². The van der Waals surface area contributed by atoms with Gasteiger partial charge in [0.1, 0.15) is 29.5 Å². The summed E-state index contributed by atoms with van der Waals surface area (Å²) in [5.74, 6) is 1.56. The molecule has 9 heteroatoms. The van der Waals surface area contributed by atoms with Crippen molar-refractivity contribution < 1.29 is 24.1 Å². The molecule has 0 aromatic heterocycles. The number of hydrogen-bond acceptors (Lipinski definition) is 6.